The van der Waals surface area contributed by atoms with Gasteiger partial charge in [0.15, 0.2) is 0 Å². The molecule has 2 saturated heterocycles. The Morgan fingerprint density at radius 1 is 1.22 bits per heavy atom. The van der Waals surface area contributed by atoms with Crippen LogP contribution in [0.5, 0.6) is 0 Å². The maximum atomic E-state index is 6.79. The molecule has 27 heavy (non-hydrogen) atoms. The number of hydrogen-bond donors (Lipinski definition) is 0. The molecule has 6 heteroatoms. The van der Waals surface area contributed by atoms with Gasteiger partial charge >= 0.3 is 170 Å². The van der Waals surface area contributed by atoms with Gasteiger partial charge in [-0.3, -0.25) is 0 Å². The van der Waals surface area contributed by atoms with Crippen molar-refractivity contribution in [3.8, 4) is 0 Å². The summed E-state index contributed by atoms with van der Waals surface area (Å²) in [6.07, 6.45) is 0.519. The molecule has 0 radical (unpaired) electrons. The van der Waals surface area contributed by atoms with Gasteiger partial charge in [-0.1, -0.05) is 0 Å². The fourth-order valence-electron chi connectivity index (χ4n) is 4.67. The zero-order chi connectivity index (χ0) is 19.7. The number of benzene rings is 1. The number of hydrogen-bond acceptors (Lipinski definition) is 4. The van der Waals surface area contributed by atoms with Crippen LogP contribution in [-0.2, 0) is 18.6 Å². The maximum absolute atomic E-state index is 6.79. The molecule has 2 aliphatic heterocycles. The van der Waals surface area contributed by atoms with Crippen molar-refractivity contribution < 1.29 is 18.6 Å². The van der Waals surface area contributed by atoms with Gasteiger partial charge in [-0.2, -0.15) is 0 Å². The van der Waals surface area contributed by atoms with E-state index in [0.29, 0.717) is 0 Å². The Morgan fingerprint density at radius 2 is 1.89 bits per heavy atom. The molecule has 3 bridgehead atoms. The van der Waals surface area contributed by atoms with Crippen molar-refractivity contribution in [3.05, 3.63) is 42.5 Å². The molecule has 1 aromatic carbocycles. The number of rotatable bonds is 5. The Morgan fingerprint density at radius 3 is 2.48 bits per heavy atom. The second-order valence-electron chi connectivity index (χ2n) is 9.17. The molecule has 6 atom stereocenters. The molecule has 0 amide bonds. The van der Waals surface area contributed by atoms with Crippen LogP contribution in [0.3, 0.4) is 0 Å². The Balaban J connectivity index is 1.84. The minimum atomic E-state index is -1.84. The number of fused-ring (bicyclic) bond motifs is 2. The molecule has 0 aromatic heterocycles. The Labute approximate surface area is 169 Å². The Hall–Kier alpha value is -0.464. The molecule has 1 aromatic rings. The van der Waals surface area contributed by atoms with Crippen molar-refractivity contribution in [1.82, 2.24) is 0 Å². The second-order valence-corrected chi connectivity index (χ2v) is 16.4. The molecule has 1 aliphatic carbocycles. The zero-order valence-corrected chi connectivity index (χ0v) is 19.8. The van der Waals surface area contributed by atoms with Crippen LogP contribution in [0.15, 0.2) is 42.5 Å². The van der Waals surface area contributed by atoms with Crippen LogP contribution in [0.25, 0.3) is 0 Å². The summed E-state index contributed by atoms with van der Waals surface area (Å²) >= 11 is 0.0657. The molecule has 3 aliphatic rings. The summed E-state index contributed by atoms with van der Waals surface area (Å²) in [5.74, 6) is -0.762. The van der Waals surface area contributed by atoms with Gasteiger partial charge in [0.2, 0.25) is 0 Å². The van der Waals surface area contributed by atoms with E-state index in [1.54, 1.807) is 0 Å². The molecule has 0 N–H and O–H groups in total. The van der Waals surface area contributed by atoms with E-state index in [1.165, 1.54) is 4.46 Å². The summed E-state index contributed by atoms with van der Waals surface area (Å²) in [6, 6.07) is 10.6. The summed E-state index contributed by atoms with van der Waals surface area (Å²) in [4.78, 5) is 0. The number of ether oxygens (including phenoxy) is 3. The summed E-state index contributed by atoms with van der Waals surface area (Å²) < 4.78 is 27.3. The van der Waals surface area contributed by atoms with E-state index in [0.717, 1.165) is 12.0 Å². The average molecular weight is 454 g/mol. The molecule has 0 spiro atoms. The first-order chi connectivity index (χ1) is 12.5. The van der Waals surface area contributed by atoms with Crippen LogP contribution in [0.2, 0.25) is 19.6 Å². The predicted octanol–water partition coefficient (Wildman–Crippen LogP) is 3.41. The zero-order valence-electron chi connectivity index (χ0n) is 17.1. The second kappa shape index (κ2) is 6.27. The van der Waals surface area contributed by atoms with Gasteiger partial charge in [0.25, 0.3) is 0 Å². The first-order valence-electron chi connectivity index (χ1n) is 9.66. The van der Waals surface area contributed by atoms with Gasteiger partial charge in [0.05, 0.1) is 0 Å². The van der Waals surface area contributed by atoms with Crippen LogP contribution in [-0.4, -0.2) is 51.6 Å². The summed E-state index contributed by atoms with van der Waals surface area (Å²) in [5.41, 5.74) is 0.462. The van der Waals surface area contributed by atoms with E-state index in [2.05, 4.69) is 63.5 Å². The third-order valence-electron chi connectivity index (χ3n) is 5.70. The van der Waals surface area contributed by atoms with Crippen LogP contribution in [0.1, 0.15) is 27.2 Å². The van der Waals surface area contributed by atoms with Crippen LogP contribution >= 0.6 is 0 Å². The first-order valence-corrected chi connectivity index (χ1v) is 14.8. The van der Waals surface area contributed by atoms with E-state index in [9.17, 15) is 0 Å². The molecule has 1 unspecified atom stereocenters. The minimum absolute atomic E-state index is 0.0657. The van der Waals surface area contributed by atoms with Crippen LogP contribution < -0.4 is 4.46 Å². The van der Waals surface area contributed by atoms with Crippen molar-refractivity contribution in [2.24, 2.45) is 5.92 Å². The molecule has 148 valence electrons. The molecular weight excluding hydrogens is 423 g/mol. The molecule has 4 rings (SSSR count). The van der Waals surface area contributed by atoms with E-state index < -0.39 is 24.4 Å². The van der Waals surface area contributed by atoms with Crippen molar-refractivity contribution in [1.29, 1.82) is 0 Å². The first kappa shape index (κ1) is 19.8. The van der Waals surface area contributed by atoms with Gasteiger partial charge in [0.1, 0.15) is 0 Å². The molecule has 2 heterocycles. The fourth-order valence-corrected chi connectivity index (χ4v) is 8.91. The predicted molar refractivity (Wildman–Crippen MR) is 110 cm³/mol. The summed E-state index contributed by atoms with van der Waals surface area (Å²) in [6.45, 7) is 17.2. The Kier molecular flexibility index (Phi) is 4.60. The average Bonchev–Trinajstić information content (AvgIpc) is 2.75. The standard InChI is InChI=1S/C21H30O4SeSi/c1-14(2)20-13-15(3)21(26-16-11-9-8-10-12-16)18(23-27(5,6)7)17(20)22-19(4,24-20)25-21/h8-12,15,17-18H,1,13H2,2-7H3/t15-,17-,18-,19?,20-,21+/m1/s1. The molecule has 1 saturated carbocycles. The monoisotopic (exact) mass is 454 g/mol. The van der Waals surface area contributed by atoms with Crippen molar-refractivity contribution in [3.63, 3.8) is 0 Å². The van der Waals surface area contributed by atoms with Gasteiger partial charge in [-0.15, -0.1) is 0 Å². The summed E-state index contributed by atoms with van der Waals surface area (Å²) in [5, 5.41) is 0. The van der Waals surface area contributed by atoms with Gasteiger partial charge in [-0.05, 0) is 0 Å². The molecular formula is C21H30O4SeSi. The van der Waals surface area contributed by atoms with Crippen molar-refractivity contribution in [2.45, 2.75) is 75.1 Å². The van der Waals surface area contributed by atoms with Gasteiger partial charge in [0, 0.05) is 0 Å². The normalized spacial score (nSPS) is 43.1. The fraction of sp³-hybridized carbons (Fsp3) is 0.619. The van der Waals surface area contributed by atoms with E-state index >= 15 is 0 Å². The quantitative estimate of drug-likeness (QED) is 0.506. The van der Waals surface area contributed by atoms with Gasteiger partial charge in [-0.25, -0.2) is 0 Å². The summed E-state index contributed by atoms with van der Waals surface area (Å²) in [7, 11) is -1.84. The van der Waals surface area contributed by atoms with Crippen LogP contribution in [0.4, 0.5) is 0 Å². The SMILES string of the molecule is C=C(C)[C@]12C[C@@H](C)[C@@]3([Se]c4ccccc4)OC(C)(O[C@@H]1[C@H]3O[Si](C)(C)C)O2. The van der Waals surface area contributed by atoms with E-state index in [1.807, 2.05) is 13.8 Å². The third kappa shape index (κ3) is 3.10. The topological polar surface area (TPSA) is 36.9 Å². The molecule has 3 fully saturated rings. The molecule has 4 nitrogen and oxygen atoms in total. The van der Waals surface area contributed by atoms with E-state index in [4.69, 9.17) is 18.6 Å². The van der Waals surface area contributed by atoms with E-state index in [-0.39, 0.29) is 33.1 Å². The third-order valence-corrected chi connectivity index (χ3v) is 9.91. The van der Waals surface area contributed by atoms with Gasteiger partial charge < -0.3 is 0 Å². The van der Waals surface area contributed by atoms with Crippen LogP contribution in [0, 0.1) is 5.92 Å². The van der Waals surface area contributed by atoms with Crippen molar-refractivity contribution >= 4 is 27.7 Å². The Bertz CT molecular complexity index is 750. The van der Waals surface area contributed by atoms with Crippen molar-refractivity contribution in [2.75, 3.05) is 0 Å².